The Balaban J connectivity index is 1.49. The number of anilines is 1. The van der Waals surface area contributed by atoms with Crippen molar-refractivity contribution in [3.05, 3.63) is 59.8 Å². The van der Waals surface area contributed by atoms with Gasteiger partial charge in [0.15, 0.2) is 0 Å². The lowest BCUT2D eigenvalue weighted by atomic mass is 9.87. The lowest BCUT2D eigenvalue weighted by molar-refractivity contribution is 0.398. The first-order chi connectivity index (χ1) is 13.7. The summed E-state index contributed by atoms with van der Waals surface area (Å²) in [5.74, 6) is 1.72. The maximum atomic E-state index is 6.17. The SMILES string of the molecule is C[C@H]1C[C@H](c2cn[nH]c2)CN(c2nccc(-c3cnc4ccc(Cl)cn34)n2)C1. The highest BCUT2D eigenvalue weighted by Gasteiger charge is 2.28. The number of hydrogen-bond acceptors (Lipinski definition) is 5. The van der Waals surface area contributed by atoms with E-state index in [4.69, 9.17) is 16.6 Å². The fourth-order valence-corrected chi connectivity index (χ4v) is 4.19. The number of piperidine rings is 1. The van der Waals surface area contributed by atoms with Gasteiger partial charge in [0.05, 0.1) is 28.8 Å². The van der Waals surface area contributed by atoms with Crippen molar-refractivity contribution in [2.75, 3.05) is 18.0 Å². The van der Waals surface area contributed by atoms with Crippen LogP contribution in [0.1, 0.15) is 24.8 Å². The number of aromatic amines is 1. The molecule has 0 aliphatic carbocycles. The van der Waals surface area contributed by atoms with E-state index in [-0.39, 0.29) is 0 Å². The van der Waals surface area contributed by atoms with Crippen molar-refractivity contribution in [3.8, 4) is 11.4 Å². The highest BCUT2D eigenvalue weighted by molar-refractivity contribution is 6.30. The van der Waals surface area contributed by atoms with Gasteiger partial charge in [-0.2, -0.15) is 5.10 Å². The van der Waals surface area contributed by atoms with Gasteiger partial charge in [-0.3, -0.25) is 9.50 Å². The van der Waals surface area contributed by atoms with E-state index in [9.17, 15) is 0 Å². The zero-order chi connectivity index (χ0) is 19.1. The molecule has 1 aliphatic rings. The standard InChI is InChI=1S/C20H20ClN7/c1-13-6-14(15-7-24-25-8-15)11-27(10-13)20-22-5-4-17(26-20)18-9-23-19-3-2-16(21)12-28(18)19/h2-5,7-9,12-14H,6,10-11H2,1H3,(H,24,25)/t13-,14-/m0/s1. The van der Waals surface area contributed by atoms with Crippen LogP contribution in [0.4, 0.5) is 5.95 Å². The first kappa shape index (κ1) is 17.2. The molecule has 5 heterocycles. The molecule has 8 heteroatoms. The lowest BCUT2D eigenvalue weighted by Gasteiger charge is -2.36. The normalized spacial score (nSPS) is 20.0. The molecule has 0 saturated carbocycles. The summed E-state index contributed by atoms with van der Waals surface area (Å²) in [4.78, 5) is 16.1. The summed E-state index contributed by atoms with van der Waals surface area (Å²) < 4.78 is 1.96. The van der Waals surface area contributed by atoms with Gasteiger partial charge in [0.25, 0.3) is 0 Å². The van der Waals surface area contributed by atoms with Crippen LogP contribution in [-0.4, -0.2) is 42.6 Å². The van der Waals surface area contributed by atoms with Crippen LogP contribution in [0.15, 0.2) is 49.2 Å². The van der Waals surface area contributed by atoms with Crippen LogP contribution in [0.5, 0.6) is 0 Å². The Morgan fingerprint density at radius 1 is 1.14 bits per heavy atom. The molecule has 2 atom stereocenters. The van der Waals surface area contributed by atoms with Crippen molar-refractivity contribution in [1.29, 1.82) is 0 Å². The summed E-state index contributed by atoms with van der Waals surface area (Å²) in [6.45, 7) is 4.10. The van der Waals surface area contributed by atoms with Gasteiger partial charge in [0, 0.05) is 37.6 Å². The maximum absolute atomic E-state index is 6.17. The number of fused-ring (bicyclic) bond motifs is 1. The van der Waals surface area contributed by atoms with Gasteiger partial charge in [-0.15, -0.1) is 0 Å². The molecule has 1 saturated heterocycles. The van der Waals surface area contributed by atoms with Crippen molar-refractivity contribution >= 4 is 23.2 Å². The number of hydrogen-bond donors (Lipinski definition) is 1. The van der Waals surface area contributed by atoms with Crippen LogP contribution >= 0.6 is 11.6 Å². The third kappa shape index (κ3) is 3.11. The number of halogens is 1. The predicted molar refractivity (Wildman–Crippen MR) is 109 cm³/mol. The van der Waals surface area contributed by atoms with Gasteiger partial charge < -0.3 is 4.90 Å². The second kappa shape index (κ2) is 6.91. The monoisotopic (exact) mass is 393 g/mol. The Labute approximate surface area is 167 Å². The van der Waals surface area contributed by atoms with E-state index in [2.05, 4.69) is 32.0 Å². The van der Waals surface area contributed by atoms with Gasteiger partial charge in [-0.1, -0.05) is 18.5 Å². The van der Waals surface area contributed by atoms with E-state index in [1.165, 1.54) is 5.56 Å². The highest BCUT2D eigenvalue weighted by atomic mass is 35.5. The van der Waals surface area contributed by atoms with Crippen molar-refractivity contribution in [2.24, 2.45) is 5.92 Å². The fourth-order valence-electron chi connectivity index (χ4n) is 4.03. The Kier molecular flexibility index (Phi) is 4.24. The first-order valence-electron chi connectivity index (χ1n) is 9.37. The number of imidazole rings is 1. The summed E-state index contributed by atoms with van der Waals surface area (Å²) in [5.41, 5.74) is 3.81. The third-order valence-electron chi connectivity index (χ3n) is 5.31. The van der Waals surface area contributed by atoms with E-state index >= 15 is 0 Å². The summed E-state index contributed by atoms with van der Waals surface area (Å²) in [6, 6.07) is 5.65. The van der Waals surface area contributed by atoms with Crippen LogP contribution in [0.2, 0.25) is 5.02 Å². The average Bonchev–Trinajstić information content (AvgIpc) is 3.37. The minimum atomic E-state index is 0.421. The Morgan fingerprint density at radius 2 is 2.07 bits per heavy atom. The summed E-state index contributed by atoms with van der Waals surface area (Å²) in [5, 5.41) is 7.70. The van der Waals surface area contributed by atoms with E-state index in [0.717, 1.165) is 42.5 Å². The third-order valence-corrected chi connectivity index (χ3v) is 5.53. The first-order valence-corrected chi connectivity index (χ1v) is 9.75. The molecule has 7 nitrogen and oxygen atoms in total. The van der Waals surface area contributed by atoms with Crippen molar-refractivity contribution in [2.45, 2.75) is 19.3 Å². The van der Waals surface area contributed by atoms with Crippen molar-refractivity contribution in [1.82, 2.24) is 29.5 Å². The summed E-state index contributed by atoms with van der Waals surface area (Å²) >= 11 is 6.17. The van der Waals surface area contributed by atoms with Crippen LogP contribution in [0.3, 0.4) is 0 Å². The largest absolute Gasteiger partial charge is 0.340 e. The minimum Gasteiger partial charge on any atom is -0.340 e. The van der Waals surface area contributed by atoms with Crippen LogP contribution in [0.25, 0.3) is 17.0 Å². The Bertz CT molecular complexity index is 1100. The van der Waals surface area contributed by atoms with E-state index < -0.39 is 0 Å². The molecular formula is C20H20ClN7. The number of nitrogens with zero attached hydrogens (tertiary/aromatic N) is 6. The second-order valence-corrected chi connectivity index (χ2v) is 7.87. The Hall–Kier alpha value is -2.93. The molecule has 0 radical (unpaired) electrons. The van der Waals surface area contributed by atoms with Crippen LogP contribution in [0, 0.1) is 5.92 Å². The smallest absolute Gasteiger partial charge is 0.225 e. The molecule has 4 aromatic heterocycles. The molecule has 0 bridgehead atoms. The fraction of sp³-hybridized carbons (Fsp3) is 0.300. The molecule has 1 aliphatic heterocycles. The van der Waals surface area contributed by atoms with E-state index in [0.29, 0.717) is 16.9 Å². The molecule has 0 spiro atoms. The number of rotatable bonds is 3. The molecule has 0 aromatic carbocycles. The molecule has 0 unspecified atom stereocenters. The van der Waals surface area contributed by atoms with E-state index in [1.807, 2.05) is 53.6 Å². The number of aromatic nitrogens is 6. The summed E-state index contributed by atoms with van der Waals surface area (Å²) in [7, 11) is 0. The molecule has 28 heavy (non-hydrogen) atoms. The van der Waals surface area contributed by atoms with Crippen LogP contribution < -0.4 is 4.90 Å². The number of H-pyrrole nitrogens is 1. The molecule has 1 N–H and O–H groups in total. The maximum Gasteiger partial charge on any atom is 0.225 e. The second-order valence-electron chi connectivity index (χ2n) is 7.44. The highest BCUT2D eigenvalue weighted by Crippen LogP contribution is 2.32. The number of pyridine rings is 1. The molecule has 1 fully saturated rings. The Morgan fingerprint density at radius 3 is 2.93 bits per heavy atom. The zero-order valence-corrected chi connectivity index (χ0v) is 16.2. The van der Waals surface area contributed by atoms with Gasteiger partial charge in [0.2, 0.25) is 5.95 Å². The predicted octanol–water partition coefficient (Wildman–Crippen LogP) is 3.80. The summed E-state index contributed by atoms with van der Waals surface area (Å²) in [6.07, 6.45) is 10.5. The minimum absolute atomic E-state index is 0.421. The van der Waals surface area contributed by atoms with Gasteiger partial charge in [-0.05, 0) is 36.1 Å². The number of nitrogens with one attached hydrogen (secondary N) is 1. The van der Waals surface area contributed by atoms with Gasteiger partial charge >= 0.3 is 0 Å². The van der Waals surface area contributed by atoms with Crippen LogP contribution in [-0.2, 0) is 0 Å². The van der Waals surface area contributed by atoms with Crippen molar-refractivity contribution < 1.29 is 0 Å². The molecular weight excluding hydrogens is 374 g/mol. The molecule has 4 aromatic rings. The molecule has 142 valence electrons. The van der Waals surface area contributed by atoms with Gasteiger partial charge in [-0.25, -0.2) is 15.0 Å². The van der Waals surface area contributed by atoms with Gasteiger partial charge in [0.1, 0.15) is 5.65 Å². The zero-order valence-electron chi connectivity index (χ0n) is 15.5. The quantitative estimate of drug-likeness (QED) is 0.573. The topological polar surface area (TPSA) is 75.0 Å². The molecule has 5 rings (SSSR count). The van der Waals surface area contributed by atoms with Crippen molar-refractivity contribution in [3.63, 3.8) is 0 Å². The van der Waals surface area contributed by atoms with E-state index in [1.54, 1.807) is 0 Å². The average molecular weight is 394 g/mol. The molecule has 0 amide bonds. The lowest BCUT2D eigenvalue weighted by Crippen LogP contribution is -2.39.